The molecule has 88 valence electrons. The van der Waals surface area contributed by atoms with E-state index in [1.807, 2.05) is 6.08 Å². The maximum atomic E-state index is 5.73. The Kier molecular flexibility index (Phi) is 5.86. The van der Waals surface area contributed by atoms with Gasteiger partial charge < -0.3 is 4.74 Å². The molecular formula is C11H23N3O. The van der Waals surface area contributed by atoms with Crippen LogP contribution in [0.2, 0.25) is 0 Å². The quantitative estimate of drug-likeness (QED) is 0.383. The van der Waals surface area contributed by atoms with Gasteiger partial charge in [-0.15, -0.1) is 6.58 Å². The van der Waals surface area contributed by atoms with Gasteiger partial charge in [0.05, 0.1) is 18.8 Å². The monoisotopic (exact) mass is 213 g/mol. The minimum absolute atomic E-state index is 0.183. The third-order valence-corrected chi connectivity index (χ3v) is 2.80. The van der Waals surface area contributed by atoms with E-state index < -0.39 is 0 Å². The number of morpholine rings is 1. The summed E-state index contributed by atoms with van der Waals surface area (Å²) >= 11 is 0. The molecule has 0 amide bonds. The van der Waals surface area contributed by atoms with Crippen molar-refractivity contribution in [1.82, 2.24) is 10.3 Å². The van der Waals surface area contributed by atoms with Gasteiger partial charge in [-0.05, 0) is 19.4 Å². The van der Waals surface area contributed by atoms with E-state index in [2.05, 4.69) is 23.8 Å². The highest BCUT2D eigenvalue weighted by molar-refractivity contribution is 4.86. The number of hydrogen-bond acceptors (Lipinski definition) is 4. The molecule has 1 aliphatic heterocycles. The Hall–Kier alpha value is -0.420. The lowest BCUT2D eigenvalue weighted by molar-refractivity contribution is -0.0458. The predicted octanol–water partition coefficient (Wildman–Crippen LogP) is 0.505. The van der Waals surface area contributed by atoms with Gasteiger partial charge in [0.15, 0.2) is 0 Å². The van der Waals surface area contributed by atoms with Crippen molar-refractivity contribution < 1.29 is 4.74 Å². The Balaban J connectivity index is 2.42. The minimum atomic E-state index is 0.183. The van der Waals surface area contributed by atoms with Crippen LogP contribution in [-0.4, -0.2) is 43.3 Å². The summed E-state index contributed by atoms with van der Waals surface area (Å²) in [4.78, 5) is 2.43. The van der Waals surface area contributed by atoms with Gasteiger partial charge in [-0.1, -0.05) is 13.0 Å². The summed E-state index contributed by atoms with van der Waals surface area (Å²) < 4.78 is 5.73. The van der Waals surface area contributed by atoms with Crippen LogP contribution in [0.3, 0.4) is 0 Å². The van der Waals surface area contributed by atoms with Crippen molar-refractivity contribution in [3.8, 4) is 0 Å². The summed E-state index contributed by atoms with van der Waals surface area (Å²) in [6, 6.07) is 0.183. The van der Waals surface area contributed by atoms with Crippen molar-refractivity contribution in [1.29, 1.82) is 0 Å². The molecule has 1 aliphatic rings. The number of hydrogen-bond donors (Lipinski definition) is 2. The van der Waals surface area contributed by atoms with Crippen LogP contribution in [0.5, 0.6) is 0 Å². The molecule has 3 N–H and O–H groups in total. The molecule has 0 radical (unpaired) electrons. The average Bonchev–Trinajstić information content (AvgIpc) is 2.27. The van der Waals surface area contributed by atoms with Crippen molar-refractivity contribution in [3.63, 3.8) is 0 Å². The Morgan fingerprint density at radius 2 is 2.53 bits per heavy atom. The molecule has 0 saturated carbocycles. The molecule has 1 rings (SSSR count). The van der Waals surface area contributed by atoms with Gasteiger partial charge in [0.2, 0.25) is 0 Å². The van der Waals surface area contributed by atoms with E-state index in [-0.39, 0.29) is 12.1 Å². The normalized spacial score (nSPS) is 25.1. The first-order valence-electron chi connectivity index (χ1n) is 5.72. The standard InChI is InChI=1S/C11H23N3O/c1-3-5-10(13-12)11-9-14(6-4-2)7-8-15-11/h3,10-11,13H,1,4-9,12H2,2H3. The summed E-state index contributed by atoms with van der Waals surface area (Å²) in [5, 5.41) is 0. The topological polar surface area (TPSA) is 50.5 Å². The van der Waals surface area contributed by atoms with E-state index in [0.29, 0.717) is 0 Å². The maximum absolute atomic E-state index is 5.73. The zero-order valence-corrected chi connectivity index (χ0v) is 9.61. The number of nitrogens with zero attached hydrogens (tertiary/aromatic N) is 1. The molecule has 4 nitrogen and oxygen atoms in total. The molecule has 1 fully saturated rings. The highest BCUT2D eigenvalue weighted by Gasteiger charge is 2.26. The fraction of sp³-hybridized carbons (Fsp3) is 0.818. The van der Waals surface area contributed by atoms with E-state index in [9.17, 15) is 0 Å². The van der Waals surface area contributed by atoms with Gasteiger partial charge >= 0.3 is 0 Å². The fourth-order valence-electron chi connectivity index (χ4n) is 2.00. The van der Waals surface area contributed by atoms with Crippen LogP contribution in [0.15, 0.2) is 12.7 Å². The Labute approximate surface area is 92.4 Å². The molecule has 0 aromatic carbocycles. The van der Waals surface area contributed by atoms with Gasteiger partial charge in [-0.2, -0.15) is 0 Å². The van der Waals surface area contributed by atoms with E-state index in [4.69, 9.17) is 10.6 Å². The lowest BCUT2D eigenvalue weighted by Crippen LogP contribution is -2.53. The van der Waals surface area contributed by atoms with Gasteiger partial charge in [-0.25, -0.2) is 0 Å². The van der Waals surface area contributed by atoms with Gasteiger partial charge in [0, 0.05) is 13.1 Å². The zero-order valence-electron chi connectivity index (χ0n) is 9.61. The fourth-order valence-corrected chi connectivity index (χ4v) is 2.00. The highest BCUT2D eigenvalue weighted by atomic mass is 16.5. The molecule has 4 heteroatoms. The Bertz CT molecular complexity index is 185. The summed E-state index contributed by atoms with van der Waals surface area (Å²) in [5.74, 6) is 5.51. The highest BCUT2D eigenvalue weighted by Crippen LogP contribution is 2.11. The average molecular weight is 213 g/mol. The zero-order chi connectivity index (χ0) is 11.1. The van der Waals surface area contributed by atoms with Crippen LogP contribution >= 0.6 is 0 Å². The lowest BCUT2D eigenvalue weighted by Gasteiger charge is -2.36. The molecule has 0 bridgehead atoms. The second-order valence-corrected chi connectivity index (χ2v) is 4.01. The van der Waals surface area contributed by atoms with Crippen LogP contribution < -0.4 is 11.3 Å². The molecule has 1 saturated heterocycles. The SMILES string of the molecule is C=CCC(NN)C1CN(CCC)CCO1. The third-order valence-electron chi connectivity index (χ3n) is 2.80. The van der Waals surface area contributed by atoms with E-state index >= 15 is 0 Å². The molecule has 0 aliphatic carbocycles. The summed E-state index contributed by atoms with van der Waals surface area (Å²) in [6.45, 7) is 9.89. The third kappa shape index (κ3) is 3.91. The molecule has 2 unspecified atom stereocenters. The first-order chi connectivity index (χ1) is 7.31. The molecule has 2 atom stereocenters. The molecule has 15 heavy (non-hydrogen) atoms. The second-order valence-electron chi connectivity index (χ2n) is 4.01. The number of ether oxygens (including phenoxy) is 1. The van der Waals surface area contributed by atoms with Crippen LogP contribution in [0.1, 0.15) is 19.8 Å². The van der Waals surface area contributed by atoms with E-state index in [1.54, 1.807) is 0 Å². The van der Waals surface area contributed by atoms with Crippen molar-refractivity contribution >= 4 is 0 Å². The summed E-state index contributed by atoms with van der Waals surface area (Å²) in [6.07, 6.45) is 4.11. The van der Waals surface area contributed by atoms with Crippen molar-refractivity contribution in [2.75, 3.05) is 26.2 Å². The van der Waals surface area contributed by atoms with Crippen LogP contribution in [-0.2, 0) is 4.74 Å². The number of rotatable bonds is 6. The second kappa shape index (κ2) is 6.95. The van der Waals surface area contributed by atoms with Crippen molar-refractivity contribution in [3.05, 3.63) is 12.7 Å². The van der Waals surface area contributed by atoms with Crippen molar-refractivity contribution in [2.45, 2.75) is 31.9 Å². The first kappa shape index (κ1) is 12.6. The van der Waals surface area contributed by atoms with E-state index in [0.717, 1.165) is 32.7 Å². The molecule has 0 aromatic rings. The number of nitrogens with one attached hydrogen (secondary N) is 1. The largest absolute Gasteiger partial charge is 0.374 e. The predicted molar refractivity (Wildman–Crippen MR) is 62.4 cm³/mol. The van der Waals surface area contributed by atoms with Crippen LogP contribution in [0, 0.1) is 0 Å². The maximum Gasteiger partial charge on any atom is 0.0871 e. The molecule has 0 aromatic heterocycles. The Morgan fingerprint density at radius 3 is 3.13 bits per heavy atom. The van der Waals surface area contributed by atoms with E-state index in [1.165, 1.54) is 6.42 Å². The molecule has 0 spiro atoms. The summed E-state index contributed by atoms with van der Waals surface area (Å²) in [5.41, 5.74) is 2.81. The van der Waals surface area contributed by atoms with Crippen LogP contribution in [0.25, 0.3) is 0 Å². The molecular weight excluding hydrogens is 190 g/mol. The van der Waals surface area contributed by atoms with Crippen LogP contribution in [0.4, 0.5) is 0 Å². The van der Waals surface area contributed by atoms with Gasteiger partial charge in [0.25, 0.3) is 0 Å². The minimum Gasteiger partial charge on any atom is -0.374 e. The first-order valence-corrected chi connectivity index (χ1v) is 5.72. The van der Waals surface area contributed by atoms with Gasteiger partial charge in [0.1, 0.15) is 0 Å². The summed E-state index contributed by atoms with van der Waals surface area (Å²) in [7, 11) is 0. The number of nitrogens with two attached hydrogens (primary N) is 1. The number of hydrazine groups is 1. The molecule has 1 heterocycles. The Morgan fingerprint density at radius 1 is 1.73 bits per heavy atom. The lowest BCUT2D eigenvalue weighted by atomic mass is 10.1. The smallest absolute Gasteiger partial charge is 0.0871 e. The van der Waals surface area contributed by atoms with Gasteiger partial charge in [-0.3, -0.25) is 16.2 Å². The van der Waals surface area contributed by atoms with Crippen molar-refractivity contribution in [2.24, 2.45) is 5.84 Å².